The van der Waals surface area contributed by atoms with Crippen molar-refractivity contribution in [1.82, 2.24) is 9.78 Å². The van der Waals surface area contributed by atoms with Crippen LogP contribution in [0.3, 0.4) is 0 Å². The van der Waals surface area contributed by atoms with E-state index in [1.54, 1.807) is 0 Å². The lowest BCUT2D eigenvalue weighted by Gasteiger charge is -2.28. The van der Waals surface area contributed by atoms with Gasteiger partial charge < -0.3 is 10.6 Å². The van der Waals surface area contributed by atoms with Crippen molar-refractivity contribution in [3.05, 3.63) is 40.5 Å². The standard InChI is InChI=1S/C16H23ClN4/c1-5-8-14-15(18)16(21(4)19-14)20(3)11(2)12-9-6-7-10-13(12)17/h6-7,9-11H,5,8,18H2,1-4H3. The molecule has 0 aliphatic heterocycles. The van der Waals surface area contributed by atoms with Gasteiger partial charge in [0.25, 0.3) is 0 Å². The third kappa shape index (κ3) is 3.00. The van der Waals surface area contributed by atoms with Gasteiger partial charge in [-0.25, -0.2) is 0 Å². The van der Waals surface area contributed by atoms with E-state index in [1.165, 1.54) is 0 Å². The van der Waals surface area contributed by atoms with Crippen molar-refractivity contribution < 1.29 is 0 Å². The minimum Gasteiger partial charge on any atom is -0.394 e. The fourth-order valence-corrected chi connectivity index (χ4v) is 2.93. The third-order valence-electron chi connectivity index (χ3n) is 3.89. The summed E-state index contributed by atoms with van der Waals surface area (Å²) in [6, 6.07) is 8.02. The fraction of sp³-hybridized carbons (Fsp3) is 0.438. The topological polar surface area (TPSA) is 47.1 Å². The zero-order chi connectivity index (χ0) is 15.6. The molecule has 4 nitrogen and oxygen atoms in total. The van der Waals surface area contributed by atoms with Gasteiger partial charge in [0.15, 0.2) is 5.82 Å². The van der Waals surface area contributed by atoms with E-state index >= 15 is 0 Å². The number of nitrogens with zero attached hydrogens (tertiary/aromatic N) is 3. The Morgan fingerprint density at radius 1 is 1.38 bits per heavy atom. The van der Waals surface area contributed by atoms with Crippen LogP contribution in [-0.4, -0.2) is 16.8 Å². The average molecular weight is 307 g/mol. The van der Waals surface area contributed by atoms with Gasteiger partial charge in [-0.15, -0.1) is 0 Å². The maximum Gasteiger partial charge on any atom is 0.150 e. The normalized spacial score (nSPS) is 12.4. The van der Waals surface area contributed by atoms with Crippen LogP contribution in [0.2, 0.25) is 5.02 Å². The third-order valence-corrected chi connectivity index (χ3v) is 4.23. The fourth-order valence-electron chi connectivity index (χ4n) is 2.63. The Balaban J connectivity index is 2.36. The zero-order valence-electron chi connectivity index (χ0n) is 13.1. The van der Waals surface area contributed by atoms with E-state index in [2.05, 4.69) is 23.8 Å². The smallest absolute Gasteiger partial charge is 0.150 e. The Kier molecular flexibility index (Phi) is 4.78. The van der Waals surface area contributed by atoms with Crippen LogP contribution in [0, 0.1) is 0 Å². The van der Waals surface area contributed by atoms with E-state index in [0.29, 0.717) is 0 Å². The van der Waals surface area contributed by atoms with E-state index in [4.69, 9.17) is 17.3 Å². The Morgan fingerprint density at radius 2 is 2.05 bits per heavy atom. The van der Waals surface area contributed by atoms with Crippen molar-refractivity contribution in [2.75, 3.05) is 17.7 Å². The largest absolute Gasteiger partial charge is 0.394 e. The van der Waals surface area contributed by atoms with Gasteiger partial charge in [-0.3, -0.25) is 4.68 Å². The van der Waals surface area contributed by atoms with Crippen LogP contribution in [-0.2, 0) is 13.5 Å². The van der Waals surface area contributed by atoms with Crippen LogP contribution in [0.1, 0.15) is 37.6 Å². The SMILES string of the molecule is CCCc1nn(C)c(N(C)C(C)c2ccccc2Cl)c1N. The van der Waals surface area contributed by atoms with Gasteiger partial charge in [-0.1, -0.05) is 43.1 Å². The number of benzene rings is 1. The first-order valence-corrected chi connectivity index (χ1v) is 7.63. The van der Waals surface area contributed by atoms with Crippen LogP contribution < -0.4 is 10.6 Å². The molecule has 0 radical (unpaired) electrons. The molecule has 21 heavy (non-hydrogen) atoms. The van der Waals surface area contributed by atoms with Crippen LogP contribution >= 0.6 is 11.6 Å². The highest BCUT2D eigenvalue weighted by atomic mass is 35.5. The summed E-state index contributed by atoms with van der Waals surface area (Å²) >= 11 is 6.30. The molecule has 0 saturated heterocycles. The monoisotopic (exact) mass is 306 g/mol. The number of anilines is 2. The predicted molar refractivity (Wildman–Crippen MR) is 89.9 cm³/mol. The van der Waals surface area contributed by atoms with Crippen LogP contribution in [0.25, 0.3) is 0 Å². The van der Waals surface area contributed by atoms with Crippen molar-refractivity contribution in [1.29, 1.82) is 0 Å². The number of hydrogen-bond acceptors (Lipinski definition) is 3. The second kappa shape index (κ2) is 6.39. The van der Waals surface area contributed by atoms with E-state index in [1.807, 2.05) is 43.0 Å². The highest BCUT2D eigenvalue weighted by molar-refractivity contribution is 6.31. The molecule has 1 aromatic heterocycles. The quantitative estimate of drug-likeness (QED) is 0.914. The van der Waals surface area contributed by atoms with E-state index in [-0.39, 0.29) is 6.04 Å². The number of aromatic nitrogens is 2. The summed E-state index contributed by atoms with van der Waals surface area (Å²) < 4.78 is 1.85. The molecule has 114 valence electrons. The van der Waals surface area contributed by atoms with Crippen LogP contribution in [0.15, 0.2) is 24.3 Å². The molecule has 2 N–H and O–H groups in total. The van der Waals surface area contributed by atoms with Crippen molar-refractivity contribution in [3.8, 4) is 0 Å². The van der Waals surface area contributed by atoms with Crippen LogP contribution in [0.4, 0.5) is 11.5 Å². The van der Waals surface area contributed by atoms with Gasteiger partial charge in [0.2, 0.25) is 0 Å². The number of rotatable bonds is 5. The first-order valence-electron chi connectivity index (χ1n) is 7.26. The molecule has 0 fully saturated rings. The molecule has 2 aromatic rings. The molecular weight excluding hydrogens is 284 g/mol. The van der Waals surface area contributed by atoms with Crippen molar-refractivity contribution >= 4 is 23.1 Å². The summed E-state index contributed by atoms with van der Waals surface area (Å²) in [5.41, 5.74) is 9.10. The number of aryl methyl sites for hydroxylation is 2. The van der Waals surface area contributed by atoms with E-state index < -0.39 is 0 Å². The Morgan fingerprint density at radius 3 is 2.67 bits per heavy atom. The Hall–Kier alpha value is -1.68. The summed E-state index contributed by atoms with van der Waals surface area (Å²) in [6.07, 6.45) is 1.93. The lowest BCUT2D eigenvalue weighted by molar-refractivity contribution is 0.669. The van der Waals surface area contributed by atoms with E-state index in [0.717, 1.165) is 40.6 Å². The summed E-state index contributed by atoms with van der Waals surface area (Å²) in [6.45, 7) is 4.25. The molecule has 0 spiro atoms. The molecule has 2 rings (SSSR count). The zero-order valence-corrected chi connectivity index (χ0v) is 13.9. The van der Waals surface area contributed by atoms with Crippen molar-refractivity contribution in [2.45, 2.75) is 32.7 Å². The molecule has 0 amide bonds. The summed E-state index contributed by atoms with van der Waals surface area (Å²) in [7, 11) is 3.96. The molecule has 5 heteroatoms. The molecule has 0 aliphatic carbocycles. The molecule has 0 bridgehead atoms. The lowest BCUT2D eigenvalue weighted by atomic mass is 10.1. The molecular formula is C16H23ClN4. The summed E-state index contributed by atoms with van der Waals surface area (Å²) in [5, 5.41) is 5.31. The van der Waals surface area contributed by atoms with Crippen LogP contribution in [0.5, 0.6) is 0 Å². The first kappa shape index (κ1) is 15.7. The number of hydrogen-bond donors (Lipinski definition) is 1. The molecule has 1 aromatic carbocycles. The molecule has 1 unspecified atom stereocenters. The second-order valence-corrected chi connectivity index (χ2v) is 5.77. The average Bonchev–Trinajstić information content (AvgIpc) is 2.73. The molecule has 1 atom stereocenters. The highest BCUT2D eigenvalue weighted by Crippen LogP contribution is 2.34. The van der Waals surface area contributed by atoms with Gasteiger partial charge in [0.1, 0.15) is 0 Å². The summed E-state index contributed by atoms with van der Waals surface area (Å²) in [5.74, 6) is 0.936. The Labute approximate surface area is 131 Å². The van der Waals surface area contributed by atoms with Gasteiger partial charge in [-0.2, -0.15) is 5.10 Å². The maximum absolute atomic E-state index is 6.30. The number of nitrogens with two attached hydrogens (primary N) is 1. The minimum atomic E-state index is 0.117. The maximum atomic E-state index is 6.30. The van der Waals surface area contributed by atoms with Crippen molar-refractivity contribution in [2.24, 2.45) is 7.05 Å². The number of halogens is 1. The highest BCUT2D eigenvalue weighted by Gasteiger charge is 2.22. The van der Waals surface area contributed by atoms with Gasteiger partial charge in [0, 0.05) is 19.1 Å². The molecule has 1 heterocycles. The van der Waals surface area contributed by atoms with Gasteiger partial charge in [0.05, 0.1) is 17.4 Å². The lowest BCUT2D eigenvalue weighted by Crippen LogP contribution is -2.25. The second-order valence-electron chi connectivity index (χ2n) is 5.37. The predicted octanol–water partition coefficient (Wildman–Crippen LogP) is 3.81. The molecule has 0 saturated carbocycles. The number of nitrogen functional groups attached to an aromatic ring is 1. The van der Waals surface area contributed by atoms with E-state index in [9.17, 15) is 0 Å². The van der Waals surface area contributed by atoms with Gasteiger partial charge in [-0.05, 0) is 25.0 Å². The Bertz CT molecular complexity index is 621. The van der Waals surface area contributed by atoms with Crippen molar-refractivity contribution in [3.63, 3.8) is 0 Å². The van der Waals surface area contributed by atoms with Gasteiger partial charge >= 0.3 is 0 Å². The molecule has 0 aliphatic rings. The minimum absolute atomic E-state index is 0.117. The summed E-state index contributed by atoms with van der Waals surface area (Å²) in [4.78, 5) is 2.13. The first-order chi connectivity index (χ1) is 9.97.